The van der Waals surface area contributed by atoms with E-state index in [2.05, 4.69) is 13.8 Å². The number of carboxylic acid groups (broad SMARTS) is 4. The van der Waals surface area contributed by atoms with Crippen LogP contribution < -0.4 is 9.47 Å². The van der Waals surface area contributed by atoms with Gasteiger partial charge in [0.2, 0.25) is 0 Å². The largest absolute Gasteiger partial charge is 0.478 e. The average molecular weight is 599 g/mol. The Morgan fingerprint density at radius 2 is 0.886 bits per heavy atom. The molecule has 0 aliphatic heterocycles. The highest BCUT2D eigenvalue weighted by atomic mass is 16.5. The highest BCUT2D eigenvalue weighted by Gasteiger charge is 2.29. The number of rotatable bonds is 13. The lowest BCUT2D eigenvalue weighted by atomic mass is 9.73. The van der Waals surface area contributed by atoms with Crippen LogP contribution in [0.15, 0.2) is 84.9 Å². The van der Waals surface area contributed by atoms with Gasteiger partial charge in [-0.1, -0.05) is 51.0 Å². The van der Waals surface area contributed by atoms with Crippen LogP contribution in [0.25, 0.3) is 0 Å². The fourth-order valence-corrected chi connectivity index (χ4v) is 4.94. The van der Waals surface area contributed by atoms with Crippen molar-refractivity contribution in [3.63, 3.8) is 0 Å². The number of unbranched alkanes of at least 4 members (excludes halogenated alkanes) is 1. The highest BCUT2D eigenvalue weighted by Crippen LogP contribution is 2.39. The van der Waals surface area contributed by atoms with Gasteiger partial charge in [0.05, 0.1) is 22.3 Å². The maximum absolute atomic E-state index is 11.5. The highest BCUT2D eigenvalue weighted by molar-refractivity contribution is 6.02. The molecule has 4 rings (SSSR count). The zero-order valence-electron chi connectivity index (χ0n) is 23.9. The normalized spacial score (nSPS) is 11.0. The van der Waals surface area contributed by atoms with Crippen molar-refractivity contribution in [2.24, 2.45) is 0 Å². The molecule has 10 heteroatoms. The first-order chi connectivity index (χ1) is 20.9. The number of aromatic carboxylic acids is 4. The zero-order valence-corrected chi connectivity index (χ0v) is 23.9. The summed E-state index contributed by atoms with van der Waals surface area (Å²) in [5, 5.41) is 37.3. The van der Waals surface area contributed by atoms with Crippen molar-refractivity contribution in [1.29, 1.82) is 0 Å². The van der Waals surface area contributed by atoms with Crippen LogP contribution in [0.4, 0.5) is 0 Å². The van der Waals surface area contributed by atoms with E-state index < -0.39 is 29.3 Å². The topological polar surface area (TPSA) is 168 Å². The first kappa shape index (κ1) is 31.3. The summed E-state index contributed by atoms with van der Waals surface area (Å²) in [7, 11) is 0. The summed E-state index contributed by atoms with van der Waals surface area (Å²) in [6, 6.07) is 22.3. The van der Waals surface area contributed by atoms with Crippen LogP contribution in [0.5, 0.6) is 23.0 Å². The molecule has 0 atom stereocenters. The third kappa shape index (κ3) is 6.87. The molecule has 0 amide bonds. The van der Waals surface area contributed by atoms with E-state index in [0.717, 1.165) is 30.4 Å². The Bertz CT molecular complexity index is 1580. The molecule has 10 nitrogen and oxygen atoms in total. The van der Waals surface area contributed by atoms with E-state index in [1.165, 1.54) is 36.4 Å². The van der Waals surface area contributed by atoms with E-state index in [9.17, 15) is 39.6 Å². The third-order valence-corrected chi connectivity index (χ3v) is 7.39. The second-order valence-corrected chi connectivity index (χ2v) is 10.3. The minimum atomic E-state index is -1.37. The summed E-state index contributed by atoms with van der Waals surface area (Å²) in [5.74, 6) is -4.14. The van der Waals surface area contributed by atoms with Crippen molar-refractivity contribution in [3.8, 4) is 23.0 Å². The lowest BCUT2D eigenvalue weighted by Gasteiger charge is -2.31. The first-order valence-electron chi connectivity index (χ1n) is 13.7. The van der Waals surface area contributed by atoms with Crippen LogP contribution in [0.2, 0.25) is 0 Å². The van der Waals surface area contributed by atoms with Gasteiger partial charge in [-0.25, -0.2) is 19.2 Å². The van der Waals surface area contributed by atoms with Crippen molar-refractivity contribution in [3.05, 3.63) is 118 Å². The zero-order chi connectivity index (χ0) is 32.0. The second kappa shape index (κ2) is 13.1. The molecule has 226 valence electrons. The fraction of sp³-hybridized carbons (Fsp3) is 0.176. The molecule has 0 aliphatic rings. The van der Waals surface area contributed by atoms with Crippen LogP contribution in [-0.2, 0) is 5.41 Å². The Morgan fingerprint density at radius 1 is 0.545 bits per heavy atom. The van der Waals surface area contributed by atoms with E-state index in [4.69, 9.17) is 9.47 Å². The van der Waals surface area contributed by atoms with Gasteiger partial charge in [-0.05, 0) is 78.2 Å². The third-order valence-electron chi connectivity index (χ3n) is 7.39. The van der Waals surface area contributed by atoms with Gasteiger partial charge in [0.15, 0.2) is 0 Å². The van der Waals surface area contributed by atoms with Crippen molar-refractivity contribution in [2.75, 3.05) is 0 Å². The van der Waals surface area contributed by atoms with Crippen molar-refractivity contribution < 1.29 is 49.1 Å². The molecule has 4 aromatic carbocycles. The van der Waals surface area contributed by atoms with Gasteiger partial charge in [-0.3, -0.25) is 0 Å². The summed E-state index contributed by atoms with van der Waals surface area (Å²) >= 11 is 0. The molecule has 0 aliphatic carbocycles. The molecule has 0 saturated heterocycles. The number of carboxylic acids is 4. The molecule has 0 unspecified atom stereocenters. The molecular weight excluding hydrogens is 568 g/mol. The predicted molar refractivity (Wildman–Crippen MR) is 160 cm³/mol. The van der Waals surface area contributed by atoms with Gasteiger partial charge in [0.1, 0.15) is 23.0 Å². The molecule has 0 saturated carbocycles. The maximum Gasteiger partial charge on any atom is 0.336 e. The van der Waals surface area contributed by atoms with Gasteiger partial charge < -0.3 is 29.9 Å². The summed E-state index contributed by atoms with van der Waals surface area (Å²) in [6.45, 7) is 4.23. The van der Waals surface area contributed by atoms with E-state index in [1.807, 2.05) is 24.3 Å². The minimum absolute atomic E-state index is 0.192. The molecule has 0 aromatic heterocycles. The number of benzene rings is 4. The monoisotopic (exact) mass is 598 g/mol. The van der Waals surface area contributed by atoms with E-state index in [1.54, 1.807) is 24.3 Å². The Hall–Kier alpha value is -5.64. The quantitative estimate of drug-likeness (QED) is 0.120. The smallest absolute Gasteiger partial charge is 0.336 e. The average Bonchev–Trinajstić information content (AvgIpc) is 3.00. The Balaban J connectivity index is 1.57. The molecule has 44 heavy (non-hydrogen) atoms. The molecule has 4 aromatic rings. The molecule has 0 heterocycles. The maximum atomic E-state index is 11.5. The molecule has 0 fully saturated rings. The summed E-state index contributed by atoms with van der Waals surface area (Å²) in [4.78, 5) is 45.7. The van der Waals surface area contributed by atoms with Gasteiger partial charge in [0.25, 0.3) is 0 Å². The van der Waals surface area contributed by atoms with E-state index in [-0.39, 0.29) is 33.8 Å². The van der Waals surface area contributed by atoms with Crippen LogP contribution in [0.1, 0.15) is 85.7 Å². The molecular formula is C34H30O10. The SMILES string of the molecule is CCCCC(C)(c1ccc(Oc2ccc(C(=O)O)c(C(=O)O)c2)cc1)c1ccc(Oc2ccc(C(=O)O)c(C(=O)O)c2)cc1. The molecule has 0 bridgehead atoms. The standard InChI is InChI=1S/C34H30O10/c1-3-4-17-34(2,20-5-9-22(10-6-20)43-24-13-15-26(30(35)36)28(18-24)32(39)40)21-7-11-23(12-8-21)44-25-14-16-27(31(37)38)29(19-25)33(41)42/h5-16,18-19H,3-4,17H2,1-2H3,(H,35,36)(H,37,38)(H,39,40)(H,41,42). The number of ether oxygens (including phenoxy) is 2. The Labute approximate surface area is 252 Å². The van der Waals surface area contributed by atoms with Crippen molar-refractivity contribution in [1.82, 2.24) is 0 Å². The molecule has 4 N–H and O–H groups in total. The summed E-state index contributed by atoms with van der Waals surface area (Å²) in [5.41, 5.74) is 0.224. The van der Waals surface area contributed by atoms with Crippen LogP contribution >= 0.6 is 0 Å². The van der Waals surface area contributed by atoms with Crippen LogP contribution in [-0.4, -0.2) is 44.3 Å². The van der Waals surface area contributed by atoms with Crippen LogP contribution in [0, 0.1) is 0 Å². The lowest BCUT2D eigenvalue weighted by Crippen LogP contribution is -2.23. The number of hydrogen-bond acceptors (Lipinski definition) is 6. The fourth-order valence-electron chi connectivity index (χ4n) is 4.94. The van der Waals surface area contributed by atoms with Crippen molar-refractivity contribution >= 4 is 23.9 Å². The minimum Gasteiger partial charge on any atom is -0.478 e. The molecule has 0 spiro atoms. The second-order valence-electron chi connectivity index (χ2n) is 10.3. The number of carbonyl (C=O) groups is 4. The van der Waals surface area contributed by atoms with Gasteiger partial charge in [-0.15, -0.1) is 0 Å². The summed E-state index contributed by atoms with van der Waals surface area (Å²) in [6.07, 6.45) is 2.77. The molecule has 0 radical (unpaired) electrons. The van der Waals surface area contributed by atoms with Gasteiger partial charge in [-0.2, -0.15) is 0 Å². The number of hydrogen-bond donors (Lipinski definition) is 4. The van der Waals surface area contributed by atoms with E-state index >= 15 is 0 Å². The Morgan fingerprint density at radius 3 is 1.20 bits per heavy atom. The van der Waals surface area contributed by atoms with Gasteiger partial charge >= 0.3 is 23.9 Å². The van der Waals surface area contributed by atoms with Crippen LogP contribution in [0.3, 0.4) is 0 Å². The van der Waals surface area contributed by atoms with E-state index in [0.29, 0.717) is 11.5 Å². The van der Waals surface area contributed by atoms with Gasteiger partial charge in [0, 0.05) is 5.41 Å². The first-order valence-corrected chi connectivity index (χ1v) is 13.7. The predicted octanol–water partition coefficient (Wildman–Crippen LogP) is 7.56. The Kier molecular flexibility index (Phi) is 9.33. The lowest BCUT2D eigenvalue weighted by molar-refractivity contribution is 0.0651. The van der Waals surface area contributed by atoms with Crippen molar-refractivity contribution in [2.45, 2.75) is 38.5 Å². The summed E-state index contributed by atoms with van der Waals surface area (Å²) < 4.78 is 11.7.